The van der Waals surface area contributed by atoms with Gasteiger partial charge in [-0.15, -0.1) is 0 Å². The van der Waals surface area contributed by atoms with Crippen LogP contribution in [0.3, 0.4) is 0 Å². The first-order valence-corrected chi connectivity index (χ1v) is 13.1. The Hall–Kier alpha value is -4.14. The normalized spacial score (nSPS) is 14.3. The molecule has 39 heavy (non-hydrogen) atoms. The summed E-state index contributed by atoms with van der Waals surface area (Å²) in [6.07, 6.45) is 9.43. The van der Waals surface area contributed by atoms with Gasteiger partial charge in [0.05, 0.1) is 27.5 Å². The molecule has 0 saturated heterocycles. The number of ether oxygens (including phenoxy) is 3. The van der Waals surface area contributed by atoms with E-state index in [0.29, 0.717) is 28.5 Å². The molecule has 1 heterocycles. The fraction of sp³-hybridized carbons (Fsp3) is 0.400. The number of carbonyl (C=O) groups excluding carboxylic acids is 2. The van der Waals surface area contributed by atoms with Crippen LogP contribution in [0.15, 0.2) is 48.9 Å². The van der Waals surface area contributed by atoms with Gasteiger partial charge in [-0.25, -0.2) is 4.98 Å². The fourth-order valence-electron chi connectivity index (χ4n) is 5.00. The Morgan fingerprint density at radius 2 is 1.62 bits per heavy atom. The molecule has 1 fully saturated rings. The van der Waals surface area contributed by atoms with Gasteiger partial charge in [0, 0.05) is 24.1 Å². The molecule has 206 valence electrons. The number of carbonyl (C=O) groups is 2. The minimum atomic E-state index is -1.06. The van der Waals surface area contributed by atoms with Crippen LogP contribution in [-0.4, -0.2) is 49.2 Å². The SMILES string of the molecule is COc1cc(C(C(=O)NC2CCCCC2)N(C(=O)c2cnccn2)c2ccc(C)c(C)c2)cc(OC)c1OC. The summed E-state index contributed by atoms with van der Waals surface area (Å²) in [4.78, 5) is 38.2. The van der Waals surface area contributed by atoms with Crippen LogP contribution >= 0.6 is 0 Å². The Morgan fingerprint density at radius 3 is 2.18 bits per heavy atom. The number of hydrogen-bond donors (Lipinski definition) is 1. The van der Waals surface area contributed by atoms with E-state index >= 15 is 0 Å². The number of hydrogen-bond acceptors (Lipinski definition) is 7. The van der Waals surface area contributed by atoms with Gasteiger partial charge in [0.2, 0.25) is 11.7 Å². The van der Waals surface area contributed by atoms with Crippen LogP contribution in [0, 0.1) is 13.8 Å². The summed E-state index contributed by atoms with van der Waals surface area (Å²) in [6.45, 7) is 3.97. The van der Waals surface area contributed by atoms with Crippen molar-refractivity contribution in [3.8, 4) is 17.2 Å². The fourth-order valence-corrected chi connectivity index (χ4v) is 5.00. The van der Waals surface area contributed by atoms with E-state index in [-0.39, 0.29) is 17.6 Å². The maximum atomic E-state index is 14.2. The lowest BCUT2D eigenvalue weighted by Gasteiger charge is -2.34. The Morgan fingerprint density at radius 1 is 0.923 bits per heavy atom. The predicted molar refractivity (Wildman–Crippen MR) is 149 cm³/mol. The van der Waals surface area contributed by atoms with Crippen molar-refractivity contribution in [2.24, 2.45) is 0 Å². The van der Waals surface area contributed by atoms with E-state index in [2.05, 4.69) is 15.3 Å². The highest BCUT2D eigenvalue weighted by Gasteiger charge is 2.36. The second kappa shape index (κ2) is 12.6. The molecule has 3 aromatic rings. The lowest BCUT2D eigenvalue weighted by atomic mass is 9.94. The van der Waals surface area contributed by atoms with Gasteiger partial charge in [0.25, 0.3) is 5.91 Å². The number of amides is 2. The summed E-state index contributed by atoms with van der Waals surface area (Å²) in [5.41, 5.74) is 3.25. The van der Waals surface area contributed by atoms with E-state index in [1.165, 1.54) is 44.8 Å². The molecule has 1 aromatic heterocycles. The first kappa shape index (κ1) is 27.9. The molecule has 1 unspecified atom stereocenters. The monoisotopic (exact) mass is 532 g/mol. The van der Waals surface area contributed by atoms with Crippen LogP contribution in [0.4, 0.5) is 5.69 Å². The highest BCUT2D eigenvalue weighted by molar-refractivity contribution is 6.09. The van der Waals surface area contributed by atoms with E-state index in [4.69, 9.17) is 14.2 Å². The van der Waals surface area contributed by atoms with Crippen molar-refractivity contribution in [1.82, 2.24) is 15.3 Å². The smallest absolute Gasteiger partial charge is 0.279 e. The number of methoxy groups -OCH3 is 3. The molecule has 1 atom stereocenters. The number of nitrogens with zero attached hydrogens (tertiary/aromatic N) is 3. The van der Waals surface area contributed by atoms with Crippen molar-refractivity contribution < 1.29 is 23.8 Å². The molecule has 0 aliphatic heterocycles. The average molecular weight is 533 g/mol. The van der Waals surface area contributed by atoms with E-state index in [1.807, 2.05) is 32.0 Å². The van der Waals surface area contributed by atoms with Crippen molar-refractivity contribution in [3.63, 3.8) is 0 Å². The van der Waals surface area contributed by atoms with Gasteiger partial charge in [0.15, 0.2) is 11.5 Å². The molecule has 0 bridgehead atoms. The zero-order chi connectivity index (χ0) is 27.9. The largest absolute Gasteiger partial charge is 0.493 e. The average Bonchev–Trinajstić information content (AvgIpc) is 2.97. The molecule has 1 N–H and O–H groups in total. The van der Waals surface area contributed by atoms with Crippen LogP contribution in [0.25, 0.3) is 0 Å². The lowest BCUT2D eigenvalue weighted by Crippen LogP contribution is -2.47. The Labute approximate surface area is 229 Å². The third-order valence-electron chi connectivity index (χ3n) is 7.23. The van der Waals surface area contributed by atoms with Crippen LogP contribution in [0.1, 0.15) is 65.3 Å². The van der Waals surface area contributed by atoms with Gasteiger partial charge in [-0.2, -0.15) is 0 Å². The molecular formula is C30H36N4O5. The first-order valence-electron chi connectivity index (χ1n) is 13.1. The highest BCUT2D eigenvalue weighted by Crippen LogP contribution is 2.42. The Kier molecular flexibility index (Phi) is 9.01. The molecular weight excluding hydrogens is 496 g/mol. The maximum Gasteiger partial charge on any atom is 0.279 e. The standard InChI is InChI=1S/C30H36N4O5/c1-19-11-12-23(15-20(19)2)34(30(36)24-18-31-13-14-32-24)27(29(35)33-22-9-7-6-8-10-22)21-16-25(37-3)28(39-5)26(17-21)38-4/h11-18,22,27H,6-10H2,1-5H3,(H,33,35). The van der Waals surface area contributed by atoms with Crippen LogP contribution in [0.2, 0.25) is 0 Å². The number of benzene rings is 2. The van der Waals surface area contributed by atoms with E-state index in [1.54, 1.807) is 12.1 Å². The van der Waals surface area contributed by atoms with Crippen LogP contribution in [0.5, 0.6) is 17.2 Å². The van der Waals surface area contributed by atoms with Crippen molar-refractivity contribution in [2.75, 3.05) is 26.2 Å². The van der Waals surface area contributed by atoms with Crippen molar-refractivity contribution >= 4 is 17.5 Å². The van der Waals surface area contributed by atoms with Crippen molar-refractivity contribution in [1.29, 1.82) is 0 Å². The minimum absolute atomic E-state index is 0.0315. The molecule has 4 rings (SSSR count). The number of aryl methyl sites for hydroxylation is 2. The summed E-state index contributed by atoms with van der Waals surface area (Å²) >= 11 is 0. The summed E-state index contributed by atoms with van der Waals surface area (Å²) in [5, 5.41) is 3.22. The van der Waals surface area contributed by atoms with Gasteiger partial charge < -0.3 is 19.5 Å². The van der Waals surface area contributed by atoms with Gasteiger partial charge in [0.1, 0.15) is 11.7 Å². The zero-order valence-electron chi connectivity index (χ0n) is 23.2. The molecule has 2 amide bonds. The quantitative estimate of drug-likeness (QED) is 0.416. The van der Waals surface area contributed by atoms with Gasteiger partial charge in [-0.3, -0.25) is 19.5 Å². The van der Waals surface area contributed by atoms with Gasteiger partial charge in [-0.05, 0) is 67.6 Å². The van der Waals surface area contributed by atoms with Crippen molar-refractivity contribution in [3.05, 3.63) is 71.3 Å². The van der Waals surface area contributed by atoms with E-state index in [0.717, 1.165) is 43.2 Å². The molecule has 2 aromatic carbocycles. The molecule has 9 heteroatoms. The van der Waals surface area contributed by atoms with Crippen LogP contribution < -0.4 is 24.4 Å². The molecule has 1 aliphatic rings. The predicted octanol–water partition coefficient (Wildman–Crippen LogP) is 4.96. The van der Waals surface area contributed by atoms with Crippen LogP contribution in [-0.2, 0) is 4.79 Å². The minimum Gasteiger partial charge on any atom is -0.493 e. The topological polar surface area (TPSA) is 103 Å². The first-order chi connectivity index (χ1) is 18.9. The third-order valence-corrected chi connectivity index (χ3v) is 7.23. The summed E-state index contributed by atoms with van der Waals surface area (Å²) in [6, 6.07) is 8.08. The molecule has 0 spiro atoms. The van der Waals surface area contributed by atoms with Gasteiger partial charge in [-0.1, -0.05) is 25.3 Å². The molecule has 0 radical (unpaired) electrons. The second-order valence-electron chi connectivity index (χ2n) is 9.74. The summed E-state index contributed by atoms with van der Waals surface area (Å²) in [5.74, 6) is 0.410. The van der Waals surface area contributed by atoms with E-state index < -0.39 is 11.9 Å². The summed E-state index contributed by atoms with van der Waals surface area (Å²) < 4.78 is 16.7. The Balaban J connectivity index is 1.92. The summed E-state index contributed by atoms with van der Waals surface area (Å²) in [7, 11) is 4.56. The highest BCUT2D eigenvalue weighted by atomic mass is 16.5. The molecule has 1 aliphatic carbocycles. The van der Waals surface area contributed by atoms with Gasteiger partial charge >= 0.3 is 0 Å². The lowest BCUT2D eigenvalue weighted by molar-refractivity contribution is -0.123. The molecule has 9 nitrogen and oxygen atoms in total. The zero-order valence-corrected chi connectivity index (χ0v) is 23.2. The van der Waals surface area contributed by atoms with Crippen molar-refractivity contribution in [2.45, 2.75) is 58.0 Å². The third kappa shape index (κ3) is 6.13. The number of aromatic nitrogens is 2. The number of rotatable bonds is 9. The number of anilines is 1. The second-order valence-corrected chi connectivity index (χ2v) is 9.74. The number of nitrogens with one attached hydrogen (secondary N) is 1. The van der Waals surface area contributed by atoms with E-state index in [9.17, 15) is 9.59 Å². The Bertz CT molecular complexity index is 1280. The molecule has 1 saturated carbocycles. The maximum absolute atomic E-state index is 14.2.